The molecule has 1 rings (SSSR count). The van der Waals surface area contributed by atoms with Crippen molar-refractivity contribution in [2.45, 2.75) is 0 Å². The molecule has 0 amide bonds. The van der Waals surface area contributed by atoms with Crippen LogP contribution in [0.25, 0.3) is 0 Å². The maximum atomic E-state index is 9.85. The Morgan fingerprint density at radius 2 is 2.50 bits per heavy atom. The van der Waals surface area contributed by atoms with Crippen LogP contribution in [0.2, 0.25) is 0 Å². The molecule has 0 aliphatic carbocycles. The quantitative estimate of drug-likeness (QED) is 0.0889. The fourth-order valence-electron chi connectivity index (χ4n) is 0.129. The van der Waals surface area contributed by atoms with Gasteiger partial charge in [0.15, 0.2) is 0 Å². The average molecular weight is 201 g/mol. The molecule has 0 aromatic heterocycles. The summed E-state index contributed by atoms with van der Waals surface area (Å²) in [4.78, 5) is 0. The molecule has 4 nitrogen and oxygen atoms in total. The Bertz CT molecular complexity index is 52.8. The van der Waals surface area contributed by atoms with Crippen LogP contribution in [0.1, 0.15) is 0 Å². The van der Waals surface area contributed by atoms with Crippen LogP contribution in [-0.2, 0) is 0 Å². The van der Waals surface area contributed by atoms with Gasteiger partial charge in [0, 0.05) is 0 Å². The van der Waals surface area contributed by atoms with Crippen molar-refractivity contribution in [3.05, 3.63) is 5.21 Å². The Labute approximate surface area is 46.0 Å². The Morgan fingerprint density at radius 1 is 2.00 bits per heavy atom. The van der Waals surface area contributed by atoms with Crippen molar-refractivity contribution >= 4 is 0 Å². The summed E-state index contributed by atoms with van der Waals surface area (Å²) in [6.07, 6.45) is 0. The van der Waals surface area contributed by atoms with Crippen LogP contribution in [0.5, 0.6) is 0 Å². The number of hydrogen-bond acceptors (Lipinski definition) is 4. The van der Waals surface area contributed by atoms with Crippen LogP contribution in [-0.4, -0.2) is 13.1 Å². The summed E-state index contributed by atoms with van der Waals surface area (Å²) < 4.78 is 2.51. The first-order chi connectivity index (χ1) is 2.80. The van der Waals surface area contributed by atoms with E-state index in [0.717, 1.165) is 4.55 Å². The van der Waals surface area contributed by atoms with Gasteiger partial charge in [-0.05, 0) is 0 Å². The molecule has 1 aliphatic rings. The first-order valence-corrected chi connectivity index (χ1v) is 3.88. The van der Waals surface area contributed by atoms with Crippen LogP contribution in [0.15, 0.2) is 0 Å². The molecule has 0 spiro atoms. The number of halogens is 1. The number of alkyl halides is 1. The van der Waals surface area contributed by atoms with Crippen molar-refractivity contribution in [3.8, 4) is 0 Å². The summed E-state index contributed by atoms with van der Waals surface area (Å²) in [6.45, 7) is 0. The Morgan fingerprint density at radius 3 is 2.50 bits per heavy atom. The molecular formula is CH4IN3O-2. The molecule has 1 saturated heterocycles. The topological polar surface area (TPSA) is 55.3 Å². The molecule has 1 fully saturated rings. The molecular weight excluding hydrogens is 197 g/mol. The van der Waals surface area contributed by atoms with Crippen molar-refractivity contribution in [3.63, 3.8) is 0 Å². The van der Waals surface area contributed by atoms with E-state index in [-0.39, 0.29) is 21.5 Å². The van der Waals surface area contributed by atoms with Crippen molar-refractivity contribution in [1.82, 2.24) is 8.50 Å². The molecule has 1 aliphatic heterocycles. The molecule has 0 aromatic rings. The van der Waals surface area contributed by atoms with Gasteiger partial charge in [0.1, 0.15) is 0 Å². The molecule has 1 atom stereocenters. The summed E-state index contributed by atoms with van der Waals surface area (Å²) in [5.41, 5.74) is 0. The van der Waals surface area contributed by atoms with Crippen LogP contribution < -0.4 is 27.3 Å². The van der Waals surface area contributed by atoms with E-state index < -0.39 is 0 Å². The zero-order valence-corrected chi connectivity index (χ0v) is 5.12. The number of nitrogens with zero attached hydrogens (tertiary/aromatic N) is 2. The molecule has 0 aromatic carbocycles. The molecule has 1 unspecified atom stereocenters. The van der Waals surface area contributed by atoms with Gasteiger partial charge in [0.05, 0.1) is 0 Å². The third kappa shape index (κ3) is 1.02. The van der Waals surface area contributed by atoms with E-state index in [9.17, 15) is 5.21 Å². The third-order valence-corrected chi connectivity index (χ3v) is 2.16. The van der Waals surface area contributed by atoms with E-state index in [1.807, 2.05) is 0 Å². The predicted octanol–water partition coefficient (Wildman–Crippen LogP) is -4.15. The van der Waals surface area contributed by atoms with Gasteiger partial charge in [-0.2, -0.15) is 0 Å². The second-order valence-corrected chi connectivity index (χ2v) is 3.36. The van der Waals surface area contributed by atoms with E-state index in [0.29, 0.717) is 5.28 Å². The fourth-order valence-corrected chi connectivity index (χ4v) is 0.867. The average Bonchev–Trinajstić information content (AvgIpc) is 2.06. The molecule has 6 heavy (non-hydrogen) atoms. The minimum absolute atomic E-state index is 0.0556. The van der Waals surface area contributed by atoms with Crippen LogP contribution in [0.4, 0.5) is 0 Å². The van der Waals surface area contributed by atoms with Crippen molar-refractivity contribution in [2.75, 3.05) is 4.55 Å². The van der Waals surface area contributed by atoms with Crippen LogP contribution in [0.3, 0.4) is 0 Å². The number of hydrogen-bond donors (Lipinski definition) is 1. The SMILES string of the molecule is NN([O-])N1C[I-]1. The van der Waals surface area contributed by atoms with E-state index in [2.05, 4.69) is 0 Å². The summed E-state index contributed by atoms with van der Waals surface area (Å²) in [5.74, 6) is 4.73. The van der Waals surface area contributed by atoms with Gasteiger partial charge in [-0.1, -0.05) is 0 Å². The maximum absolute atomic E-state index is 9.85. The molecule has 5 heteroatoms. The summed E-state index contributed by atoms with van der Waals surface area (Å²) in [7, 11) is 0. The zero-order valence-electron chi connectivity index (χ0n) is 2.97. The van der Waals surface area contributed by atoms with E-state index in [1.54, 1.807) is 3.22 Å². The first-order valence-electron chi connectivity index (χ1n) is 1.39. The van der Waals surface area contributed by atoms with Crippen molar-refractivity contribution < 1.29 is 21.5 Å². The van der Waals surface area contributed by atoms with E-state index in [1.165, 1.54) is 0 Å². The summed E-state index contributed by atoms with van der Waals surface area (Å²) in [6, 6.07) is 0. The molecule has 0 radical (unpaired) electrons. The van der Waals surface area contributed by atoms with E-state index >= 15 is 0 Å². The molecule has 1 heterocycles. The Balaban J connectivity index is 2.13. The predicted molar refractivity (Wildman–Crippen MR) is 16.1 cm³/mol. The normalized spacial score (nSPS) is 32.8. The van der Waals surface area contributed by atoms with E-state index in [4.69, 9.17) is 5.84 Å². The molecule has 38 valence electrons. The summed E-state index contributed by atoms with van der Waals surface area (Å²) >= 11 is 0.0556. The Kier molecular flexibility index (Phi) is 1.25. The van der Waals surface area contributed by atoms with Crippen LogP contribution >= 0.6 is 0 Å². The summed E-state index contributed by atoms with van der Waals surface area (Å²) in [5, 5.41) is 10.3. The van der Waals surface area contributed by atoms with Crippen molar-refractivity contribution in [2.24, 2.45) is 5.84 Å². The number of nitrogens with two attached hydrogens (primary N) is 1. The molecule has 0 bridgehead atoms. The van der Waals surface area contributed by atoms with Gasteiger partial charge in [0.25, 0.3) is 0 Å². The van der Waals surface area contributed by atoms with Crippen LogP contribution in [0, 0.1) is 5.21 Å². The standard InChI is InChI=1S/CH4IN3O/c3-5(6)4-1-2-4/h1,3H2/q-2. The zero-order chi connectivity index (χ0) is 4.57. The third-order valence-electron chi connectivity index (χ3n) is 0.440. The van der Waals surface area contributed by atoms with Gasteiger partial charge >= 0.3 is 45.6 Å². The minimum atomic E-state index is 0.0556. The number of rotatable bonds is 1. The monoisotopic (exact) mass is 201 g/mol. The molecule has 2 N–H and O–H groups in total. The first kappa shape index (κ1) is 4.72. The van der Waals surface area contributed by atoms with Gasteiger partial charge in [-0.25, -0.2) is 0 Å². The number of hydrazine groups is 2. The van der Waals surface area contributed by atoms with Gasteiger partial charge < -0.3 is 0 Å². The fraction of sp³-hybridized carbons (Fsp3) is 1.00. The molecule has 0 saturated carbocycles. The van der Waals surface area contributed by atoms with Gasteiger partial charge in [0.2, 0.25) is 0 Å². The Hall–Kier alpha value is 0.570. The second kappa shape index (κ2) is 1.58. The van der Waals surface area contributed by atoms with Gasteiger partial charge in [-0.15, -0.1) is 0 Å². The second-order valence-electron chi connectivity index (χ2n) is 0.878. The van der Waals surface area contributed by atoms with Crippen molar-refractivity contribution in [1.29, 1.82) is 0 Å². The van der Waals surface area contributed by atoms with Gasteiger partial charge in [-0.3, -0.25) is 0 Å².